The first kappa shape index (κ1) is 16.0. The maximum absolute atomic E-state index is 4.89. The van der Waals surface area contributed by atoms with Crippen LogP contribution in [0.15, 0.2) is 67.0 Å². The van der Waals surface area contributed by atoms with Gasteiger partial charge in [-0.05, 0) is 48.6 Å². The summed E-state index contributed by atoms with van der Waals surface area (Å²) in [6.45, 7) is 2.10. The van der Waals surface area contributed by atoms with E-state index in [1.165, 1.54) is 24.0 Å². The lowest BCUT2D eigenvalue weighted by Crippen LogP contribution is -2.20. The van der Waals surface area contributed by atoms with E-state index < -0.39 is 0 Å². The molecule has 0 unspecified atom stereocenters. The topological polar surface area (TPSA) is 46.8 Å². The number of rotatable bonds is 4. The smallest absolute Gasteiger partial charge is 0.253 e. The van der Waals surface area contributed by atoms with Crippen molar-refractivity contribution in [3.63, 3.8) is 0 Å². The third kappa shape index (κ3) is 3.16. The minimum Gasteiger partial charge on any atom is -0.356 e. The van der Waals surface area contributed by atoms with Gasteiger partial charge in [0.2, 0.25) is 0 Å². The van der Waals surface area contributed by atoms with Crippen molar-refractivity contribution in [3.8, 4) is 5.95 Å². The standard InChI is InChI=1S/C22H21N5/c1-2-7-17(8-3-1)15-18-9-10-20-19(16-18)21(26-12-4-5-13-26)25-22(24-20)27-14-6-11-23-27/h1-3,6-11,14,16H,4-5,12-13,15H2. The second-order valence-corrected chi connectivity index (χ2v) is 7.01. The van der Waals surface area contributed by atoms with Crippen LogP contribution in [0.25, 0.3) is 16.9 Å². The van der Waals surface area contributed by atoms with Gasteiger partial charge in [-0.15, -0.1) is 0 Å². The van der Waals surface area contributed by atoms with Gasteiger partial charge in [0.15, 0.2) is 0 Å². The molecule has 1 saturated heterocycles. The summed E-state index contributed by atoms with van der Waals surface area (Å²) < 4.78 is 1.73. The van der Waals surface area contributed by atoms with E-state index in [1.807, 2.05) is 12.3 Å². The number of nitrogens with zero attached hydrogens (tertiary/aromatic N) is 5. The van der Waals surface area contributed by atoms with Crippen LogP contribution in [0.2, 0.25) is 0 Å². The van der Waals surface area contributed by atoms with Crippen LogP contribution in [0.4, 0.5) is 5.82 Å². The van der Waals surface area contributed by atoms with Gasteiger partial charge in [-0.2, -0.15) is 10.1 Å². The number of hydrogen-bond acceptors (Lipinski definition) is 4. The molecule has 0 N–H and O–H groups in total. The zero-order valence-corrected chi connectivity index (χ0v) is 15.1. The van der Waals surface area contributed by atoms with E-state index >= 15 is 0 Å². The van der Waals surface area contributed by atoms with Gasteiger partial charge < -0.3 is 4.90 Å². The molecule has 0 bridgehead atoms. The lowest BCUT2D eigenvalue weighted by atomic mass is 10.0. The summed E-state index contributed by atoms with van der Waals surface area (Å²) in [6, 6.07) is 19.0. The maximum atomic E-state index is 4.89. The third-order valence-corrected chi connectivity index (χ3v) is 5.09. The predicted molar refractivity (Wildman–Crippen MR) is 107 cm³/mol. The molecule has 0 amide bonds. The van der Waals surface area contributed by atoms with Crippen LogP contribution in [0.5, 0.6) is 0 Å². The zero-order chi connectivity index (χ0) is 18.1. The highest BCUT2D eigenvalue weighted by molar-refractivity contribution is 5.90. The van der Waals surface area contributed by atoms with Gasteiger partial charge in [0.05, 0.1) is 5.52 Å². The predicted octanol–water partition coefficient (Wildman–Crippen LogP) is 4.01. The average molecular weight is 355 g/mol. The fraction of sp³-hybridized carbons (Fsp3) is 0.227. The highest BCUT2D eigenvalue weighted by Crippen LogP contribution is 2.29. The fourth-order valence-corrected chi connectivity index (χ4v) is 3.75. The van der Waals surface area contributed by atoms with Crippen LogP contribution in [-0.2, 0) is 6.42 Å². The van der Waals surface area contributed by atoms with Gasteiger partial charge in [0.25, 0.3) is 5.95 Å². The Hall–Kier alpha value is -3.21. The van der Waals surface area contributed by atoms with E-state index in [0.717, 1.165) is 36.2 Å². The van der Waals surface area contributed by atoms with E-state index in [4.69, 9.17) is 9.97 Å². The highest BCUT2D eigenvalue weighted by Gasteiger charge is 2.19. The largest absolute Gasteiger partial charge is 0.356 e. The van der Waals surface area contributed by atoms with Gasteiger partial charge >= 0.3 is 0 Å². The van der Waals surface area contributed by atoms with E-state index in [9.17, 15) is 0 Å². The van der Waals surface area contributed by atoms with Gasteiger partial charge in [-0.25, -0.2) is 9.67 Å². The summed E-state index contributed by atoms with van der Waals surface area (Å²) in [5, 5.41) is 5.43. The first-order valence-corrected chi connectivity index (χ1v) is 9.46. The zero-order valence-electron chi connectivity index (χ0n) is 15.1. The number of fused-ring (bicyclic) bond motifs is 1. The van der Waals surface area contributed by atoms with Crippen molar-refractivity contribution in [1.82, 2.24) is 19.7 Å². The summed E-state index contributed by atoms with van der Waals surface area (Å²) in [5.41, 5.74) is 3.56. The van der Waals surface area contributed by atoms with Gasteiger partial charge in [0, 0.05) is 30.9 Å². The maximum Gasteiger partial charge on any atom is 0.253 e. The Morgan fingerprint density at radius 1 is 0.852 bits per heavy atom. The highest BCUT2D eigenvalue weighted by atomic mass is 15.4. The van der Waals surface area contributed by atoms with Gasteiger partial charge in [-0.3, -0.25) is 0 Å². The third-order valence-electron chi connectivity index (χ3n) is 5.09. The summed E-state index contributed by atoms with van der Waals surface area (Å²) in [4.78, 5) is 12.0. The molecule has 134 valence electrons. The van der Waals surface area contributed by atoms with Crippen molar-refractivity contribution in [3.05, 3.63) is 78.1 Å². The Morgan fingerprint density at radius 3 is 2.48 bits per heavy atom. The molecule has 0 atom stereocenters. The van der Waals surface area contributed by atoms with E-state index in [2.05, 4.69) is 58.5 Å². The summed E-state index contributed by atoms with van der Waals surface area (Å²) in [5.74, 6) is 1.66. The molecule has 3 heterocycles. The number of hydrogen-bond donors (Lipinski definition) is 0. The molecule has 0 aliphatic carbocycles. The molecule has 5 rings (SSSR count). The fourth-order valence-electron chi connectivity index (χ4n) is 3.75. The van der Waals surface area contributed by atoms with Crippen molar-refractivity contribution < 1.29 is 0 Å². The van der Waals surface area contributed by atoms with Crippen molar-refractivity contribution >= 4 is 16.7 Å². The van der Waals surface area contributed by atoms with Crippen molar-refractivity contribution in [1.29, 1.82) is 0 Å². The molecule has 1 aliphatic rings. The SMILES string of the molecule is c1ccc(Cc2ccc3nc(-n4cccn4)nc(N4CCCC4)c3c2)cc1. The van der Waals surface area contributed by atoms with E-state index in [1.54, 1.807) is 10.9 Å². The van der Waals surface area contributed by atoms with Gasteiger partial charge in [0.1, 0.15) is 5.82 Å². The Morgan fingerprint density at radius 2 is 1.70 bits per heavy atom. The summed E-state index contributed by atoms with van der Waals surface area (Å²) in [6.07, 6.45) is 6.99. The first-order valence-electron chi connectivity index (χ1n) is 9.46. The molecule has 27 heavy (non-hydrogen) atoms. The second-order valence-electron chi connectivity index (χ2n) is 7.01. The normalized spacial score (nSPS) is 14.1. The Balaban J connectivity index is 1.62. The minimum atomic E-state index is 0.630. The lowest BCUT2D eigenvalue weighted by molar-refractivity contribution is 0.806. The van der Waals surface area contributed by atoms with Gasteiger partial charge in [-0.1, -0.05) is 36.4 Å². The Bertz CT molecular complexity index is 1050. The average Bonchev–Trinajstić information content (AvgIpc) is 3.42. The van der Waals surface area contributed by atoms with E-state index in [0.29, 0.717) is 5.95 Å². The molecule has 2 aromatic heterocycles. The molecular formula is C22H21N5. The second kappa shape index (κ2) is 6.83. The molecular weight excluding hydrogens is 334 g/mol. The molecule has 1 aliphatic heterocycles. The van der Waals surface area contributed by atoms with Crippen LogP contribution in [0.1, 0.15) is 24.0 Å². The van der Waals surface area contributed by atoms with Crippen molar-refractivity contribution in [2.45, 2.75) is 19.3 Å². The van der Waals surface area contributed by atoms with Crippen LogP contribution in [-0.4, -0.2) is 32.8 Å². The van der Waals surface area contributed by atoms with Crippen LogP contribution in [0, 0.1) is 0 Å². The minimum absolute atomic E-state index is 0.630. The molecule has 5 nitrogen and oxygen atoms in total. The molecule has 0 spiro atoms. The lowest BCUT2D eigenvalue weighted by Gasteiger charge is -2.19. The molecule has 0 radical (unpaired) electrons. The summed E-state index contributed by atoms with van der Waals surface area (Å²) in [7, 11) is 0. The Labute approximate surface area is 158 Å². The van der Waals surface area contributed by atoms with Crippen molar-refractivity contribution in [2.75, 3.05) is 18.0 Å². The monoisotopic (exact) mass is 355 g/mol. The van der Waals surface area contributed by atoms with Crippen LogP contribution < -0.4 is 4.90 Å². The number of aromatic nitrogens is 4. The molecule has 2 aromatic carbocycles. The molecule has 1 fully saturated rings. The number of anilines is 1. The quantitative estimate of drug-likeness (QED) is 0.555. The van der Waals surface area contributed by atoms with E-state index in [-0.39, 0.29) is 0 Å². The molecule has 5 heteroatoms. The summed E-state index contributed by atoms with van der Waals surface area (Å²) >= 11 is 0. The Kier molecular flexibility index (Phi) is 4.05. The molecule has 0 saturated carbocycles. The first-order chi connectivity index (χ1) is 13.4. The van der Waals surface area contributed by atoms with Crippen molar-refractivity contribution in [2.24, 2.45) is 0 Å². The van der Waals surface area contributed by atoms with Crippen LogP contribution in [0.3, 0.4) is 0 Å². The van der Waals surface area contributed by atoms with Crippen LogP contribution >= 0.6 is 0 Å². The molecule has 4 aromatic rings. The number of benzene rings is 2.